The van der Waals surface area contributed by atoms with E-state index in [0.29, 0.717) is 12.0 Å². The zero-order valence-corrected chi connectivity index (χ0v) is 11.7. The summed E-state index contributed by atoms with van der Waals surface area (Å²) in [6.07, 6.45) is 1.12. The van der Waals surface area contributed by atoms with Crippen molar-refractivity contribution in [3.63, 3.8) is 0 Å². The van der Waals surface area contributed by atoms with E-state index in [1.807, 2.05) is 0 Å². The van der Waals surface area contributed by atoms with Crippen molar-refractivity contribution in [3.8, 4) is 5.75 Å². The quantitative estimate of drug-likeness (QED) is 0.816. The molecule has 0 saturated carbocycles. The third-order valence-corrected chi connectivity index (χ3v) is 2.69. The Morgan fingerprint density at radius 1 is 1.18 bits per heavy atom. The lowest BCUT2D eigenvalue weighted by atomic mass is 10.0. The number of rotatable bonds is 6. The molecular weight excluding hydrogens is 210 g/mol. The van der Waals surface area contributed by atoms with Crippen LogP contribution in [0.5, 0.6) is 5.75 Å². The Hall–Kier alpha value is -1.02. The van der Waals surface area contributed by atoms with Crippen LogP contribution in [0.15, 0.2) is 18.2 Å². The number of methoxy groups -OCH3 is 1. The van der Waals surface area contributed by atoms with Gasteiger partial charge in [-0.05, 0) is 24.0 Å². The van der Waals surface area contributed by atoms with E-state index in [9.17, 15) is 0 Å². The standard InChI is InChI=1S/C15H25NO/c1-11(2)8-13-6-7-15(17-5)14(9-13)10-16-12(3)4/h6-7,9,11-12,16H,8,10H2,1-5H3. The summed E-state index contributed by atoms with van der Waals surface area (Å²) in [5.74, 6) is 1.67. The summed E-state index contributed by atoms with van der Waals surface area (Å²) in [4.78, 5) is 0. The highest BCUT2D eigenvalue weighted by Crippen LogP contribution is 2.21. The molecule has 0 radical (unpaired) electrons. The number of ether oxygens (including phenoxy) is 1. The molecule has 0 aliphatic heterocycles. The summed E-state index contributed by atoms with van der Waals surface area (Å²) in [6.45, 7) is 9.67. The second kappa shape index (κ2) is 6.65. The van der Waals surface area contributed by atoms with Crippen LogP contribution in [0.1, 0.15) is 38.8 Å². The van der Waals surface area contributed by atoms with Gasteiger partial charge in [0.15, 0.2) is 0 Å². The minimum absolute atomic E-state index is 0.494. The molecule has 0 amide bonds. The third-order valence-electron chi connectivity index (χ3n) is 2.69. The summed E-state index contributed by atoms with van der Waals surface area (Å²) < 4.78 is 5.40. The minimum Gasteiger partial charge on any atom is -0.496 e. The first kappa shape index (κ1) is 14.0. The second-order valence-corrected chi connectivity index (χ2v) is 5.28. The molecule has 0 aliphatic carbocycles. The topological polar surface area (TPSA) is 21.3 Å². The maximum Gasteiger partial charge on any atom is 0.123 e. The lowest BCUT2D eigenvalue weighted by molar-refractivity contribution is 0.406. The highest BCUT2D eigenvalue weighted by atomic mass is 16.5. The fraction of sp³-hybridized carbons (Fsp3) is 0.600. The van der Waals surface area contributed by atoms with E-state index in [1.165, 1.54) is 11.1 Å². The Morgan fingerprint density at radius 2 is 1.88 bits per heavy atom. The van der Waals surface area contributed by atoms with Gasteiger partial charge in [-0.15, -0.1) is 0 Å². The molecule has 0 saturated heterocycles. The second-order valence-electron chi connectivity index (χ2n) is 5.28. The molecule has 2 nitrogen and oxygen atoms in total. The molecule has 0 heterocycles. The fourth-order valence-corrected chi connectivity index (χ4v) is 1.88. The van der Waals surface area contributed by atoms with Gasteiger partial charge < -0.3 is 10.1 Å². The van der Waals surface area contributed by atoms with E-state index in [4.69, 9.17) is 4.74 Å². The van der Waals surface area contributed by atoms with Gasteiger partial charge in [-0.25, -0.2) is 0 Å². The summed E-state index contributed by atoms with van der Waals surface area (Å²) in [7, 11) is 1.73. The Labute approximate surface area is 105 Å². The van der Waals surface area contributed by atoms with Crippen molar-refractivity contribution in [1.82, 2.24) is 5.32 Å². The molecule has 0 unspecified atom stereocenters. The molecule has 1 rings (SSSR count). The van der Waals surface area contributed by atoms with E-state index >= 15 is 0 Å². The largest absolute Gasteiger partial charge is 0.496 e. The Balaban J connectivity index is 2.82. The average molecular weight is 235 g/mol. The fourth-order valence-electron chi connectivity index (χ4n) is 1.88. The monoisotopic (exact) mass is 235 g/mol. The highest BCUT2D eigenvalue weighted by molar-refractivity contribution is 5.37. The zero-order valence-electron chi connectivity index (χ0n) is 11.7. The molecule has 0 atom stereocenters. The predicted octanol–water partition coefficient (Wildman–Crippen LogP) is 3.39. The zero-order chi connectivity index (χ0) is 12.8. The van der Waals surface area contributed by atoms with Gasteiger partial charge in [-0.2, -0.15) is 0 Å². The van der Waals surface area contributed by atoms with E-state index in [2.05, 4.69) is 51.2 Å². The van der Waals surface area contributed by atoms with E-state index in [-0.39, 0.29) is 0 Å². The van der Waals surface area contributed by atoms with E-state index < -0.39 is 0 Å². The normalized spacial score (nSPS) is 11.2. The van der Waals surface area contributed by atoms with Gasteiger partial charge in [0, 0.05) is 18.2 Å². The van der Waals surface area contributed by atoms with Crippen LogP contribution in [0.3, 0.4) is 0 Å². The van der Waals surface area contributed by atoms with Gasteiger partial charge in [-0.1, -0.05) is 39.8 Å². The van der Waals surface area contributed by atoms with Gasteiger partial charge >= 0.3 is 0 Å². The minimum atomic E-state index is 0.494. The molecule has 0 fully saturated rings. The molecular formula is C15H25NO. The van der Waals surface area contributed by atoms with Gasteiger partial charge in [0.05, 0.1) is 7.11 Å². The molecule has 0 aromatic heterocycles. The summed E-state index contributed by atoms with van der Waals surface area (Å²) in [5.41, 5.74) is 2.64. The van der Waals surface area contributed by atoms with Gasteiger partial charge in [-0.3, -0.25) is 0 Å². The average Bonchev–Trinajstić information content (AvgIpc) is 2.25. The smallest absolute Gasteiger partial charge is 0.123 e. The molecule has 1 N–H and O–H groups in total. The molecule has 96 valence electrons. The molecule has 1 aromatic carbocycles. The van der Waals surface area contributed by atoms with Crippen molar-refractivity contribution in [2.45, 2.75) is 46.7 Å². The first-order valence-electron chi connectivity index (χ1n) is 6.42. The van der Waals surface area contributed by atoms with E-state index in [1.54, 1.807) is 7.11 Å². The first-order chi connectivity index (χ1) is 8.02. The van der Waals surface area contributed by atoms with Crippen LogP contribution in [0.2, 0.25) is 0 Å². The molecule has 1 aromatic rings. The van der Waals surface area contributed by atoms with Crippen molar-refractivity contribution in [2.24, 2.45) is 5.92 Å². The van der Waals surface area contributed by atoms with Crippen molar-refractivity contribution in [2.75, 3.05) is 7.11 Å². The van der Waals surface area contributed by atoms with Crippen molar-refractivity contribution < 1.29 is 4.74 Å². The molecule has 0 bridgehead atoms. The highest BCUT2D eigenvalue weighted by Gasteiger charge is 2.06. The summed E-state index contributed by atoms with van der Waals surface area (Å²) in [6, 6.07) is 6.99. The van der Waals surface area contributed by atoms with Crippen LogP contribution >= 0.6 is 0 Å². The first-order valence-corrected chi connectivity index (χ1v) is 6.42. The predicted molar refractivity (Wildman–Crippen MR) is 73.5 cm³/mol. The van der Waals surface area contributed by atoms with Crippen LogP contribution in [-0.2, 0) is 13.0 Å². The number of benzene rings is 1. The van der Waals surface area contributed by atoms with Crippen molar-refractivity contribution in [3.05, 3.63) is 29.3 Å². The number of nitrogens with one attached hydrogen (secondary N) is 1. The van der Waals surface area contributed by atoms with Crippen LogP contribution < -0.4 is 10.1 Å². The Kier molecular flexibility index (Phi) is 5.49. The lowest BCUT2D eigenvalue weighted by Crippen LogP contribution is -2.22. The Bertz CT molecular complexity index is 345. The maximum absolute atomic E-state index is 5.40. The third kappa shape index (κ3) is 4.78. The van der Waals surface area contributed by atoms with Gasteiger partial charge in [0.1, 0.15) is 5.75 Å². The Morgan fingerprint density at radius 3 is 2.41 bits per heavy atom. The molecule has 0 spiro atoms. The van der Waals surface area contributed by atoms with Crippen LogP contribution in [-0.4, -0.2) is 13.2 Å². The van der Waals surface area contributed by atoms with Gasteiger partial charge in [0.2, 0.25) is 0 Å². The lowest BCUT2D eigenvalue weighted by Gasteiger charge is -2.14. The number of hydrogen-bond donors (Lipinski definition) is 1. The van der Waals surface area contributed by atoms with Crippen LogP contribution in [0.4, 0.5) is 0 Å². The summed E-state index contributed by atoms with van der Waals surface area (Å²) >= 11 is 0. The maximum atomic E-state index is 5.40. The van der Waals surface area contributed by atoms with E-state index in [0.717, 1.165) is 18.7 Å². The SMILES string of the molecule is COc1ccc(CC(C)C)cc1CNC(C)C. The molecule has 17 heavy (non-hydrogen) atoms. The number of hydrogen-bond acceptors (Lipinski definition) is 2. The molecule has 2 heteroatoms. The van der Waals surface area contributed by atoms with Gasteiger partial charge in [0.25, 0.3) is 0 Å². The van der Waals surface area contributed by atoms with Crippen LogP contribution in [0.25, 0.3) is 0 Å². The van der Waals surface area contributed by atoms with Crippen LogP contribution in [0, 0.1) is 5.92 Å². The summed E-state index contributed by atoms with van der Waals surface area (Å²) in [5, 5.41) is 3.44. The van der Waals surface area contributed by atoms with Crippen molar-refractivity contribution in [1.29, 1.82) is 0 Å². The molecule has 0 aliphatic rings. The van der Waals surface area contributed by atoms with Crippen molar-refractivity contribution >= 4 is 0 Å².